The van der Waals surface area contributed by atoms with E-state index >= 15 is 0 Å². The number of carbonyl (C=O) groups excluding carboxylic acids is 1. The van der Waals surface area contributed by atoms with E-state index < -0.39 is 0 Å². The van der Waals surface area contributed by atoms with E-state index in [2.05, 4.69) is 20.5 Å². The van der Waals surface area contributed by atoms with Crippen LogP contribution in [0.1, 0.15) is 25.7 Å². The SMILES string of the molecule is CN=C(NCCCSc1ccc(F)cc1)N1CCC(CC(=O)NC)CC1.I. The summed E-state index contributed by atoms with van der Waals surface area (Å²) in [5.41, 5.74) is 0. The van der Waals surface area contributed by atoms with E-state index in [0.29, 0.717) is 12.3 Å². The monoisotopic (exact) mass is 508 g/mol. The molecule has 1 aliphatic heterocycles. The van der Waals surface area contributed by atoms with Crippen LogP contribution in [0, 0.1) is 11.7 Å². The van der Waals surface area contributed by atoms with Gasteiger partial charge in [-0.2, -0.15) is 0 Å². The van der Waals surface area contributed by atoms with E-state index in [9.17, 15) is 9.18 Å². The third-order valence-electron chi connectivity index (χ3n) is 4.57. The summed E-state index contributed by atoms with van der Waals surface area (Å²) in [6, 6.07) is 6.62. The van der Waals surface area contributed by atoms with Gasteiger partial charge in [-0.05, 0) is 55.2 Å². The minimum absolute atomic E-state index is 0. The van der Waals surface area contributed by atoms with Crippen LogP contribution in [-0.4, -0.2) is 56.2 Å². The Bertz CT molecular complexity index is 592. The molecule has 1 aromatic rings. The lowest BCUT2D eigenvalue weighted by atomic mass is 9.93. The number of carbonyl (C=O) groups is 1. The Morgan fingerprint density at radius 3 is 2.56 bits per heavy atom. The third kappa shape index (κ3) is 8.68. The molecule has 0 unspecified atom stereocenters. The van der Waals surface area contributed by atoms with Crippen molar-refractivity contribution in [2.24, 2.45) is 10.9 Å². The molecular weight excluding hydrogens is 478 g/mol. The summed E-state index contributed by atoms with van der Waals surface area (Å²) in [5.74, 6) is 2.32. The number of piperidine rings is 1. The van der Waals surface area contributed by atoms with Gasteiger partial charge in [0.25, 0.3) is 0 Å². The highest BCUT2D eigenvalue weighted by molar-refractivity contribution is 14.0. The van der Waals surface area contributed by atoms with Crippen molar-refractivity contribution in [2.75, 3.05) is 39.5 Å². The number of hydrogen-bond donors (Lipinski definition) is 2. The summed E-state index contributed by atoms with van der Waals surface area (Å²) >= 11 is 1.73. The van der Waals surface area contributed by atoms with Gasteiger partial charge in [-0.15, -0.1) is 35.7 Å². The lowest BCUT2D eigenvalue weighted by molar-refractivity contribution is -0.121. The Morgan fingerprint density at radius 2 is 1.96 bits per heavy atom. The van der Waals surface area contributed by atoms with Crippen molar-refractivity contribution in [3.63, 3.8) is 0 Å². The Morgan fingerprint density at radius 1 is 1.30 bits per heavy atom. The maximum Gasteiger partial charge on any atom is 0.220 e. The number of nitrogens with one attached hydrogen (secondary N) is 2. The Balaban J connectivity index is 0.00000364. The molecular formula is C19H30FIN4OS. The number of hydrogen-bond acceptors (Lipinski definition) is 3. The van der Waals surface area contributed by atoms with Crippen molar-refractivity contribution in [2.45, 2.75) is 30.6 Å². The molecule has 152 valence electrons. The average molecular weight is 508 g/mol. The highest BCUT2D eigenvalue weighted by atomic mass is 127. The Labute approximate surface area is 183 Å². The van der Waals surface area contributed by atoms with Gasteiger partial charge in [0.1, 0.15) is 5.82 Å². The molecule has 27 heavy (non-hydrogen) atoms. The molecule has 1 aliphatic rings. The van der Waals surface area contributed by atoms with Crippen LogP contribution in [-0.2, 0) is 4.79 Å². The first kappa shape index (κ1) is 24.0. The number of amides is 1. The standard InChI is InChI=1S/C19H29FN4OS.HI/c1-21-18(25)14-15-8-11-24(12-9-15)19(22-2)23-10-3-13-26-17-6-4-16(20)5-7-17;/h4-7,15H,3,8-14H2,1-2H3,(H,21,25)(H,22,23);1H. The second-order valence-corrected chi connectivity index (χ2v) is 7.61. The molecule has 0 saturated carbocycles. The molecule has 0 bridgehead atoms. The molecule has 0 aromatic heterocycles. The Kier molecular flexibility index (Phi) is 11.7. The van der Waals surface area contributed by atoms with Gasteiger partial charge < -0.3 is 15.5 Å². The predicted molar refractivity (Wildman–Crippen MR) is 121 cm³/mol. The van der Waals surface area contributed by atoms with Crippen LogP contribution in [0.5, 0.6) is 0 Å². The molecule has 1 aromatic carbocycles. The molecule has 0 radical (unpaired) electrons. The molecule has 0 aliphatic carbocycles. The van der Waals surface area contributed by atoms with E-state index in [1.54, 1.807) is 18.8 Å². The number of nitrogens with zero attached hydrogens (tertiary/aromatic N) is 2. The summed E-state index contributed by atoms with van der Waals surface area (Å²) in [5, 5.41) is 6.13. The number of guanidine groups is 1. The molecule has 5 nitrogen and oxygen atoms in total. The van der Waals surface area contributed by atoms with Crippen LogP contribution >= 0.6 is 35.7 Å². The van der Waals surface area contributed by atoms with Crippen molar-refractivity contribution >= 4 is 47.6 Å². The largest absolute Gasteiger partial charge is 0.359 e. The molecule has 0 atom stereocenters. The second-order valence-electron chi connectivity index (χ2n) is 6.44. The molecule has 1 fully saturated rings. The summed E-state index contributed by atoms with van der Waals surface area (Å²) in [6.07, 6.45) is 3.67. The van der Waals surface area contributed by atoms with Crippen LogP contribution in [0.25, 0.3) is 0 Å². The van der Waals surface area contributed by atoms with E-state index in [1.165, 1.54) is 12.1 Å². The highest BCUT2D eigenvalue weighted by Gasteiger charge is 2.22. The van der Waals surface area contributed by atoms with Crippen molar-refractivity contribution in [3.8, 4) is 0 Å². The van der Waals surface area contributed by atoms with Gasteiger partial charge in [0.2, 0.25) is 5.91 Å². The maximum absolute atomic E-state index is 12.9. The van der Waals surface area contributed by atoms with Crippen molar-refractivity contribution in [1.82, 2.24) is 15.5 Å². The highest BCUT2D eigenvalue weighted by Crippen LogP contribution is 2.21. The number of benzene rings is 1. The fraction of sp³-hybridized carbons (Fsp3) is 0.579. The van der Waals surface area contributed by atoms with Gasteiger partial charge in [-0.25, -0.2) is 4.39 Å². The smallest absolute Gasteiger partial charge is 0.220 e. The van der Waals surface area contributed by atoms with E-state index in [-0.39, 0.29) is 35.7 Å². The predicted octanol–water partition coefficient (Wildman–Crippen LogP) is 3.35. The van der Waals surface area contributed by atoms with Crippen molar-refractivity contribution in [3.05, 3.63) is 30.1 Å². The lowest BCUT2D eigenvalue weighted by Gasteiger charge is -2.34. The van der Waals surface area contributed by atoms with Gasteiger partial charge in [0.05, 0.1) is 0 Å². The lowest BCUT2D eigenvalue weighted by Crippen LogP contribution is -2.46. The minimum Gasteiger partial charge on any atom is -0.359 e. The average Bonchev–Trinajstić information content (AvgIpc) is 2.67. The molecule has 1 heterocycles. The maximum atomic E-state index is 12.9. The zero-order valence-electron chi connectivity index (χ0n) is 16.0. The van der Waals surface area contributed by atoms with E-state index in [4.69, 9.17) is 0 Å². The molecule has 8 heteroatoms. The van der Waals surface area contributed by atoms with Gasteiger partial charge in [0, 0.05) is 45.0 Å². The van der Waals surface area contributed by atoms with Crippen LogP contribution in [0.15, 0.2) is 34.2 Å². The fourth-order valence-electron chi connectivity index (χ4n) is 3.04. The van der Waals surface area contributed by atoms with Crippen LogP contribution in [0.4, 0.5) is 4.39 Å². The first-order valence-electron chi connectivity index (χ1n) is 9.17. The normalized spacial score (nSPS) is 15.2. The van der Waals surface area contributed by atoms with Crippen LogP contribution in [0.3, 0.4) is 0 Å². The molecule has 1 saturated heterocycles. The number of rotatable bonds is 7. The fourth-order valence-corrected chi connectivity index (χ4v) is 3.89. The van der Waals surface area contributed by atoms with Crippen LogP contribution < -0.4 is 10.6 Å². The summed E-state index contributed by atoms with van der Waals surface area (Å²) in [6.45, 7) is 2.73. The zero-order valence-corrected chi connectivity index (χ0v) is 19.2. The van der Waals surface area contributed by atoms with E-state index in [1.807, 2.05) is 19.2 Å². The number of likely N-dealkylation sites (tertiary alicyclic amines) is 1. The number of aliphatic imine (C=N–C) groups is 1. The van der Waals surface area contributed by atoms with Gasteiger partial charge in [0.15, 0.2) is 5.96 Å². The van der Waals surface area contributed by atoms with Gasteiger partial charge >= 0.3 is 0 Å². The minimum atomic E-state index is -0.195. The molecule has 0 spiro atoms. The third-order valence-corrected chi connectivity index (χ3v) is 5.66. The van der Waals surface area contributed by atoms with Crippen molar-refractivity contribution < 1.29 is 9.18 Å². The quantitative estimate of drug-likeness (QED) is 0.195. The van der Waals surface area contributed by atoms with Crippen LogP contribution in [0.2, 0.25) is 0 Å². The number of thioether (sulfide) groups is 1. The summed E-state index contributed by atoms with van der Waals surface area (Å²) in [4.78, 5) is 19.2. The summed E-state index contributed by atoms with van der Waals surface area (Å²) in [7, 11) is 3.50. The first-order chi connectivity index (χ1) is 12.6. The molecule has 1 amide bonds. The van der Waals surface area contributed by atoms with Crippen molar-refractivity contribution in [1.29, 1.82) is 0 Å². The van der Waals surface area contributed by atoms with Gasteiger partial charge in [-0.3, -0.25) is 9.79 Å². The van der Waals surface area contributed by atoms with E-state index in [0.717, 1.165) is 55.5 Å². The Hall–Kier alpha value is -1.03. The molecule has 2 rings (SSSR count). The molecule has 2 N–H and O–H groups in total. The van der Waals surface area contributed by atoms with Gasteiger partial charge in [-0.1, -0.05) is 0 Å². The summed E-state index contributed by atoms with van der Waals surface area (Å²) < 4.78 is 12.9. The zero-order chi connectivity index (χ0) is 18.8. The first-order valence-corrected chi connectivity index (χ1v) is 10.2. The number of halogens is 2. The topological polar surface area (TPSA) is 56.7 Å². The second kappa shape index (κ2) is 13.2.